The fourth-order valence-corrected chi connectivity index (χ4v) is 3.63. The van der Waals surface area contributed by atoms with Crippen LogP contribution in [-0.2, 0) is 4.79 Å². The lowest BCUT2D eigenvalue weighted by molar-refractivity contribution is -0.156. The SMILES string of the molecule is CC(F)(F)C1(C)C[C@H]2CC[C@H](c3cncc(C#N)c3)N2C1=O. The standard InChI is InChI=1S/C16H17F2N3O/c1-15(16(2,17)18)6-12-3-4-13(21(12)14(15)22)11-5-10(7-19)8-20-9-11/h5,8-9,12-13H,3-4,6H2,1-2H3/t12-,13-,15?/m1/s1. The van der Waals surface area contributed by atoms with Gasteiger partial charge in [-0.25, -0.2) is 8.78 Å². The molecule has 2 aliphatic heterocycles. The summed E-state index contributed by atoms with van der Waals surface area (Å²) in [6.07, 6.45) is 4.67. The molecular weight excluding hydrogens is 288 g/mol. The second-order valence-corrected chi connectivity index (χ2v) is 6.50. The largest absolute Gasteiger partial charge is 0.332 e. The first-order chi connectivity index (χ1) is 10.3. The van der Waals surface area contributed by atoms with Crippen molar-refractivity contribution in [3.05, 3.63) is 29.6 Å². The number of aromatic nitrogens is 1. The molecule has 116 valence electrons. The fraction of sp³-hybridized carbons (Fsp3) is 0.562. The van der Waals surface area contributed by atoms with Gasteiger partial charge in [-0.3, -0.25) is 9.78 Å². The quantitative estimate of drug-likeness (QED) is 0.844. The third-order valence-electron chi connectivity index (χ3n) is 5.10. The Hall–Kier alpha value is -2.03. The minimum Gasteiger partial charge on any atom is -0.332 e. The summed E-state index contributed by atoms with van der Waals surface area (Å²) in [5.74, 6) is -3.54. The molecule has 2 fully saturated rings. The highest BCUT2D eigenvalue weighted by Crippen LogP contribution is 2.54. The van der Waals surface area contributed by atoms with Gasteiger partial charge in [-0.1, -0.05) is 0 Å². The molecule has 6 heteroatoms. The van der Waals surface area contributed by atoms with Crippen LogP contribution in [0.4, 0.5) is 8.78 Å². The molecule has 3 atom stereocenters. The van der Waals surface area contributed by atoms with Gasteiger partial charge in [-0.15, -0.1) is 0 Å². The van der Waals surface area contributed by atoms with Gasteiger partial charge in [-0.2, -0.15) is 5.26 Å². The Morgan fingerprint density at radius 3 is 2.82 bits per heavy atom. The number of carbonyl (C=O) groups excluding carboxylic acids is 1. The van der Waals surface area contributed by atoms with Crippen molar-refractivity contribution in [2.75, 3.05) is 0 Å². The molecule has 0 N–H and O–H groups in total. The van der Waals surface area contributed by atoms with E-state index in [1.165, 1.54) is 13.1 Å². The highest BCUT2D eigenvalue weighted by atomic mass is 19.3. The van der Waals surface area contributed by atoms with E-state index in [1.54, 1.807) is 17.2 Å². The Morgan fingerprint density at radius 1 is 1.45 bits per heavy atom. The molecule has 3 heterocycles. The number of nitriles is 1. The van der Waals surface area contributed by atoms with Gasteiger partial charge in [0, 0.05) is 25.4 Å². The molecule has 4 nitrogen and oxygen atoms in total. The van der Waals surface area contributed by atoms with Gasteiger partial charge in [0.2, 0.25) is 5.91 Å². The summed E-state index contributed by atoms with van der Waals surface area (Å²) in [6, 6.07) is 3.29. The van der Waals surface area contributed by atoms with Crippen molar-refractivity contribution in [1.29, 1.82) is 5.26 Å². The monoisotopic (exact) mass is 305 g/mol. The van der Waals surface area contributed by atoms with Crippen LogP contribution < -0.4 is 0 Å². The van der Waals surface area contributed by atoms with E-state index >= 15 is 0 Å². The van der Waals surface area contributed by atoms with Crippen molar-refractivity contribution in [2.24, 2.45) is 5.41 Å². The van der Waals surface area contributed by atoms with Crippen LogP contribution in [0, 0.1) is 16.7 Å². The molecule has 0 radical (unpaired) electrons. The van der Waals surface area contributed by atoms with Gasteiger partial charge >= 0.3 is 0 Å². The second-order valence-electron chi connectivity index (χ2n) is 6.50. The number of carbonyl (C=O) groups is 1. The second kappa shape index (κ2) is 4.73. The maximum Gasteiger partial charge on any atom is 0.259 e. The van der Waals surface area contributed by atoms with Gasteiger partial charge in [0.15, 0.2) is 0 Å². The molecule has 1 amide bonds. The molecule has 0 aromatic carbocycles. The van der Waals surface area contributed by atoms with Crippen LogP contribution >= 0.6 is 0 Å². The zero-order valence-corrected chi connectivity index (χ0v) is 12.5. The average Bonchev–Trinajstić information content (AvgIpc) is 2.98. The Balaban J connectivity index is 1.95. The van der Waals surface area contributed by atoms with Crippen LogP contribution in [0.5, 0.6) is 0 Å². The molecule has 1 aromatic heterocycles. The molecular formula is C16H17F2N3O. The van der Waals surface area contributed by atoms with Crippen LogP contribution in [-0.4, -0.2) is 27.8 Å². The van der Waals surface area contributed by atoms with E-state index in [0.717, 1.165) is 18.9 Å². The zero-order chi connectivity index (χ0) is 16.1. The number of pyridine rings is 1. The van der Waals surface area contributed by atoms with E-state index in [-0.39, 0.29) is 18.5 Å². The number of hydrogen-bond donors (Lipinski definition) is 0. The van der Waals surface area contributed by atoms with Gasteiger partial charge in [0.05, 0.1) is 11.6 Å². The summed E-state index contributed by atoms with van der Waals surface area (Å²) in [6.45, 7) is 2.18. The topological polar surface area (TPSA) is 57.0 Å². The van der Waals surface area contributed by atoms with Crippen molar-refractivity contribution in [1.82, 2.24) is 9.88 Å². The van der Waals surface area contributed by atoms with Crippen molar-refractivity contribution in [3.8, 4) is 6.07 Å². The lowest BCUT2D eigenvalue weighted by Crippen LogP contribution is -2.44. The molecule has 2 aliphatic rings. The van der Waals surface area contributed by atoms with E-state index in [4.69, 9.17) is 5.26 Å². The third kappa shape index (κ3) is 1.99. The Bertz CT molecular complexity index is 664. The molecule has 3 rings (SSSR count). The molecule has 0 spiro atoms. The molecule has 0 aliphatic carbocycles. The number of alkyl halides is 2. The first kappa shape index (κ1) is 14.9. The summed E-state index contributed by atoms with van der Waals surface area (Å²) >= 11 is 0. The fourth-order valence-electron chi connectivity index (χ4n) is 3.63. The highest BCUT2D eigenvalue weighted by Gasteiger charge is 2.62. The van der Waals surface area contributed by atoms with E-state index in [0.29, 0.717) is 12.0 Å². The van der Waals surface area contributed by atoms with E-state index < -0.39 is 17.2 Å². The van der Waals surface area contributed by atoms with Gasteiger partial charge < -0.3 is 4.90 Å². The van der Waals surface area contributed by atoms with Crippen LogP contribution in [0.1, 0.15) is 50.3 Å². The van der Waals surface area contributed by atoms with Crippen molar-refractivity contribution in [3.63, 3.8) is 0 Å². The highest BCUT2D eigenvalue weighted by molar-refractivity contribution is 5.87. The van der Waals surface area contributed by atoms with Crippen LogP contribution in [0.2, 0.25) is 0 Å². The summed E-state index contributed by atoms with van der Waals surface area (Å²) < 4.78 is 27.8. The Kier molecular flexibility index (Phi) is 3.20. The normalized spacial score (nSPS) is 31.2. The van der Waals surface area contributed by atoms with E-state index in [1.807, 2.05) is 6.07 Å². The molecule has 0 saturated carbocycles. The van der Waals surface area contributed by atoms with Crippen molar-refractivity contribution >= 4 is 5.91 Å². The first-order valence-electron chi connectivity index (χ1n) is 7.33. The molecule has 22 heavy (non-hydrogen) atoms. The molecule has 1 unspecified atom stereocenters. The molecule has 2 saturated heterocycles. The number of hydrogen-bond acceptors (Lipinski definition) is 3. The van der Waals surface area contributed by atoms with Crippen molar-refractivity contribution in [2.45, 2.75) is 51.1 Å². The average molecular weight is 305 g/mol. The lowest BCUT2D eigenvalue weighted by Gasteiger charge is -2.31. The number of nitrogens with zero attached hydrogens (tertiary/aromatic N) is 3. The molecule has 1 aromatic rings. The van der Waals surface area contributed by atoms with Gasteiger partial charge in [-0.05, 0) is 37.8 Å². The minimum absolute atomic E-state index is 0.154. The Labute approximate surface area is 127 Å². The minimum atomic E-state index is -3.05. The number of halogens is 2. The number of rotatable bonds is 2. The smallest absolute Gasteiger partial charge is 0.259 e. The predicted molar refractivity (Wildman–Crippen MR) is 74.9 cm³/mol. The van der Waals surface area contributed by atoms with Gasteiger partial charge in [0.25, 0.3) is 5.92 Å². The number of fused-ring (bicyclic) bond motifs is 1. The maximum atomic E-state index is 13.9. The maximum absolute atomic E-state index is 13.9. The summed E-state index contributed by atoms with van der Waals surface area (Å²) in [5, 5.41) is 8.96. The van der Waals surface area contributed by atoms with E-state index in [9.17, 15) is 13.6 Å². The predicted octanol–water partition coefficient (Wildman–Crippen LogP) is 3.05. The van der Waals surface area contributed by atoms with Crippen LogP contribution in [0.15, 0.2) is 18.5 Å². The van der Waals surface area contributed by atoms with Gasteiger partial charge in [0.1, 0.15) is 11.5 Å². The molecule has 0 bridgehead atoms. The lowest BCUT2D eigenvalue weighted by atomic mass is 9.80. The first-order valence-corrected chi connectivity index (χ1v) is 7.33. The number of amides is 1. The Morgan fingerprint density at radius 2 is 2.18 bits per heavy atom. The van der Waals surface area contributed by atoms with Crippen molar-refractivity contribution < 1.29 is 13.6 Å². The summed E-state index contributed by atoms with van der Waals surface area (Å²) in [5.41, 5.74) is -0.480. The van der Waals surface area contributed by atoms with Crippen LogP contribution in [0.25, 0.3) is 0 Å². The van der Waals surface area contributed by atoms with E-state index in [2.05, 4.69) is 4.98 Å². The third-order valence-corrected chi connectivity index (χ3v) is 5.10. The summed E-state index contributed by atoms with van der Waals surface area (Å²) in [7, 11) is 0. The summed E-state index contributed by atoms with van der Waals surface area (Å²) in [4.78, 5) is 18.3. The zero-order valence-electron chi connectivity index (χ0n) is 12.5. The van der Waals surface area contributed by atoms with Crippen LogP contribution in [0.3, 0.4) is 0 Å².